The van der Waals surface area contributed by atoms with Crippen molar-refractivity contribution in [1.29, 1.82) is 0 Å². The standard InChI is InChI=1S/C23H25NO8/c1-27-17-5-11(6-18(28-2)21(17)25)19-12-7-15-16(32-10-31-15)8-13(12)22(29-4-3-24)14-9-30-23(26)20(14)19/h5-8,14,19-20,22,25H,3-4,9-10,24H2,1-2H3/t14-,19?,20?,22+/m0/s1. The lowest BCUT2D eigenvalue weighted by Gasteiger charge is -2.39. The molecule has 0 saturated carbocycles. The minimum atomic E-state index is -0.496. The van der Waals surface area contributed by atoms with E-state index in [4.69, 9.17) is 34.2 Å². The third-order valence-electron chi connectivity index (χ3n) is 6.40. The van der Waals surface area contributed by atoms with E-state index >= 15 is 0 Å². The number of fused-ring (bicyclic) bond motifs is 3. The van der Waals surface area contributed by atoms with Gasteiger partial charge in [0.25, 0.3) is 0 Å². The van der Waals surface area contributed by atoms with Crippen LogP contribution in [-0.4, -0.2) is 51.8 Å². The Morgan fingerprint density at radius 2 is 1.69 bits per heavy atom. The summed E-state index contributed by atoms with van der Waals surface area (Å²) < 4.78 is 33.6. The summed E-state index contributed by atoms with van der Waals surface area (Å²) in [5.41, 5.74) is 8.22. The summed E-state index contributed by atoms with van der Waals surface area (Å²) in [7, 11) is 2.93. The van der Waals surface area contributed by atoms with Gasteiger partial charge in [-0.3, -0.25) is 4.79 Å². The molecule has 0 radical (unpaired) electrons. The van der Waals surface area contributed by atoms with Crippen LogP contribution in [0.5, 0.6) is 28.7 Å². The predicted octanol–water partition coefficient (Wildman–Crippen LogP) is 2.09. The molecule has 2 unspecified atom stereocenters. The number of rotatable bonds is 6. The first-order valence-corrected chi connectivity index (χ1v) is 10.4. The average molecular weight is 443 g/mol. The van der Waals surface area contributed by atoms with E-state index in [9.17, 15) is 9.90 Å². The maximum atomic E-state index is 13.0. The maximum Gasteiger partial charge on any atom is 0.310 e. The summed E-state index contributed by atoms with van der Waals surface area (Å²) in [4.78, 5) is 13.0. The summed E-state index contributed by atoms with van der Waals surface area (Å²) in [6, 6.07) is 7.26. The number of carbonyl (C=O) groups excluding carboxylic acids is 1. The van der Waals surface area contributed by atoms with Crippen molar-refractivity contribution in [3.05, 3.63) is 41.0 Å². The molecule has 9 nitrogen and oxygen atoms in total. The number of benzene rings is 2. The van der Waals surface area contributed by atoms with Crippen molar-refractivity contribution in [3.63, 3.8) is 0 Å². The van der Waals surface area contributed by atoms with Crippen LogP contribution in [0.1, 0.15) is 28.7 Å². The molecular weight excluding hydrogens is 418 g/mol. The predicted molar refractivity (Wildman–Crippen MR) is 111 cm³/mol. The molecule has 0 spiro atoms. The zero-order valence-electron chi connectivity index (χ0n) is 17.8. The first-order chi connectivity index (χ1) is 15.6. The molecule has 1 aliphatic carbocycles. The lowest BCUT2D eigenvalue weighted by molar-refractivity contribution is -0.141. The van der Waals surface area contributed by atoms with Crippen LogP contribution < -0.4 is 24.7 Å². The first kappa shape index (κ1) is 20.7. The molecule has 1 fully saturated rings. The van der Waals surface area contributed by atoms with Gasteiger partial charge in [-0.2, -0.15) is 0 Å². The van der Waals surface area contributed by atoms with Gasteiger partial charge in [-0.1, -0.05) is 0 Å². The molecule has 9 heteroatoms. The van der Waals surface area contributed by atoms with Crippen molar-refractivity contribution in [2.75, 3.05) is 40.8 Å². The SMILES string of the molecule is COc1cc(C2c3cc4c(cc3[C@@H](OCCN)[C@H]3COC(=O)C23)OCO4)cc(OC)c1O. The fraction of sp³-hybridized carbons (Fsp3) is 0.435. The van der Waals surface area contributed by atoms with Gasteiger partial charge in [-0.15, -0.1) is 0 Å². The molecule has 0 bridgehead atoms. The molecular formula is C23H25NO8. The van der Waals surface area contributed by atoms with Gasteiger partial charge in [-0.25, -0.2) is 0 Å². The number of ether oxygens (including phenoxy) is 6. The van der Waals surface area contributed by atoms with Crippen molar-refractivity contribution >= 4 is 5.97 Å². The van der Waals surface area contributed by atoms with Crippen LogP contribution in [0.4, 0.5) is 0 Å². The second-order valence-corrected chi connectivity index (χ2v) is 7.99. The molecule has 3 aliphatic rings. The van der Waals surface area contributed by atoms with E-state index in [0.717, 1.165) is 16.7 Å². The molecule has 4 atom stereocenters. The number of phenolic OH excluding ortho intramolecular Hbond substituents is 1. The van der Waals surface area contributed by atoms with Gasteiger partial charge >= 0.3 is 5.97 Å². The second kappa shape index (κ2) is 8.07. The minimum Gasteiger partial charge on any atom is -0.502 e. The van der Waals surface area contributed by atoms with E-state index in [1.54, 1.807) is 12.1 Å². The summed E-state index contributed by atoms with van der Waals surface area (Å²) in [5, 5.41) is 10.4. The molecule has 2 aromatic carbocycles. The van der Waals surface area contributed by atoms with E-state index in [1.807, 2.05) is 12.1 Å². The van der Waals surface area contributed by atoms with Gasteiger partial charge in [0.15, 0.2) is 23.0 Å². The van der Waals surface area contributed by atoms with Gasteiger partial charge in [0.2, 0.25) is 12.5 Å². The third-order valence-corrected chi connectivity index (χ3v) is 6.40. The third kappa shape index (κ3) is 3.11. The van der Waals surface area contributed by atoms with Crippen molar-refractivity contribution < 1.29 is 38.3 Å². The van der Waals surface area contributed by atoms with Crippen LogP contribution in [0.2, 0.25) is 0 Å². The van der Waals surface area contributed by atoms with E-state index in [0.29, 0.717) is 24.7 Å². The molecule has 2 heterocycles. The number of nitrogens with two attached hydrogens (primary N) is 1. The molecule has 1 saturated heterocycles. The summed E-state index contributed by atoms with van der Waals surface area (Å²) in [6.07, 6.45) is -0.378. The molecule has 2 aromatic rings. The van der Waals surface area contributed by atoms with Crippen LogP contribution >= 0.6 is 0 Å². The van der Waals surface area contributed by atoms with Crippen molar-refractivity contribution in [3.8, 4) is 28.7 Å². The van der Waals surface area contributed by atoms with E-state index in [1.165, 1.54) is 14.2 Å². The molecule has 170 valence electrons. The quantitative estimate of drug-likeness (QED) is 0.647. The average Bonchev–Trinajstić information content (AvgIpc) is 3.42. The number of carbonyl (C=O) groups is 1. The fourth-order valence-corrected chi connectivity index (χ4v) is 5.01. The monoisotopic (exact) mass is 443 g/mol. The number of aromatic hydroxyl groups is 1. The zero-order chi connectivity index (χ0) is 22.4. The van der Waals surface area contributed by atoms with Gasteiger partial charge in [0.05, 0.1) is 39.5 Å². The van der Waals surface area contributed by atoms with Crippen LogP contribution in [0.3, 0.4) is 0 Å². The Morgan fingerprint density at radius 1 is 1.03 bits per heavy atom. The summed E-state index contributed by atoms with van der Waals surface area (Å²) >= 11 is 0. The lowest BCUT2D eigenvalue weighted by atomic mass is 9.66. The van der Waals surface area contributed by atoms with Gasteiger partial charge in [0.1, 0.15) is 0 Å². The largest absolute Gasteiger partial charge is 0.502 e. The Labute approximate surface area is 184 Å². The van der Waals surface area contributed by atoms with E-state index in [-0.39, 0.29) is 54.6 Å². The summed E-state index contributed by atoms with van der Waals surface area (Å²) in [6.45, 7) is 1.09. The maximum absolute atomic E-state index is 13.0. The Balaban J connectivity index is 1.72. The highest BCUT2D eigenvalue weighted by molar-refractivity contribution is 5.79. The number of methoxy groups -OCH3 is 2. The number of esters is 1. The van der Waals surface area contributed by atoms with Crippen molar-refractivity contribution in [2.24, 2.45) is 17.6 Å². The molecule has 2 aliphatic heterocycles. The Morgan fingerprint density at radius 3 is 2.31 bits per heavy atom. The van der Waals surface area contributed by atoms with Crippen LogP contribution in [0, 0.1) is 11.8 Å². The molecule has 3 N–H and O–H groups in total. The topological polar surface area (TPSA) is 119 Å². The van der Waals surface area contributed by atoms with E-state index < -0.39 is 5.92 Å². The van der Waals surface area contributed by atoms with Gasteiger partial charge in [-0.05, 0) is 41.0 Å². The number of phenols is 1. The lowest BCUT2D eigenvalue weighted by Crippen LogP contribution is -2.36. The molecule has 0 aromatic heterocycles. The van der Waals surface area contributed by atoms with Crippen LogP contribution in [0.25, 0.3) is 0 Å². The van der Waals surface area contributed by atoms with Crippen LogP contribution in [0.15, 0.2) is 24.3 Å². The molecule has 32 heavy (non-hydrogen) atoms. The van der Waals surface area contributed by atoms with E-state index in [2.05, 4.69) is 0 Å². The number of hydrogen-bond acceptors (Lipinski definition) is 9. The molecule has 0 amide bonds. The van der Waals surface area contributed by atoms with Crippen molar-refractivity contribution in [2.45, 2.75) is 12.0 Å². The Kier molecular flexibility index (Phi) is 5.22. The second-order valence-electron chi connectivity index (χ2n) is 7.99. The first-order valence-electron chi connectivity index (χ1n) is 10.4. The normalized spacial score (nSPS) is 25.2. The number of hydrogen-bond donors (Lipinski definition) is 2. The fourth-order valence-electron chi connectivity index (χ4n) is 5.01. The summed E-state index contributed by atoms with van der Waals surface area (Å²) in [5.74, 6) is 0.258. The van der Waals surface area contributed by atoms with Crippen LogP contribution in [-0.2, 0) is 14.3 Å². The Hall–Kier alpha value is -3.17. The van der Waals surface area contributed by atoms with Crippen molar-refractivity contribution in [1.82, 2.24) is 0 Å². The highest BCUT2D eigenvalue weighted by Crippen LogP contribution is 2.56. The highest BCUT2D eigenvalue weighted by atomic mass is 16.7. The Bertz CT molecular complexity index is 1030. The zero-order valence-corrected chi connectivity index (χ0v) is 17.8. The minimum absolute atomic E-state index is 0.102. The molecule has 5 rings (SSSR count). The van der Waals surface area contributed by atoms with Gasteiger partial charge < -0.3 is 39.3 Å². The highest BCUT2D eigenvalue weighted by Gasteiger charge is 2.53. The number of cyclic esters (lactones) is 1. The van der Waals surface area contributed by atoms with Gasteiger partial charge in [0, 0.05) is 18.4 Å². The smallest absolute Gasteiger partial charge is 0.310 e.